The fourth-order valence-electron chi connectivity index (χ4n) is 7.97. The average Bonchev–Trinajstić information content (AvgIpc) is 3.93. The standard InChI is InChI=1S/C41H42N4O16/c42-30-9-8-23(45-30)32(49)29(16-46)57-21-6-4-18(5-7-21)26-13-25(48)31-27(58-26)14-28(34(33(31)50)60-37(53)19-2-1-3-20(47)12-19)59-39-40(55)11-10-22(24-15-43-17-44-24)41(56,38(40)54)35(61-39)36(51)52/h1-14,22,24,29,32,35,37-39,43-47,49-50,53-56H,15-17,42H2,(H,51,52)/t22-,24+,29+,32-,35-,37+,38+,39-,40-,41-/m1/s1. The number of hydrogen-bond donors (Lipinski definition) is 13. The average molecular weight is 847 g/mol. The number of carbonyl (C=O) groups is 1. The zero-order valence-electron chi connectivity index (χ0n) is 31.8. The van der Waals surface area contributed by atoms with Crippen molar-refractivity contribution in [2.45, 2.75) is 54.2 Å². The summed E-state index contributed by atoms with van der Waals surface area (Å²) < 4.78 is 29.4. The van der Waals surface area contributed by atoms with Gasteiger partial charge < -0.3 is 85.4 Å². The Balaban J connectivity index is 1.17. The normalized spacial score (nSPS) is 27.3. The highest BCUT2D eigenvalue weighted by molar-refractivity contribution is 5.89. The quantitative estimate of drug-likeness (QED) is 0.0549. The van der Waals surface area contributed by atoms with E-state index in [9.17, 15) is 55.5 Å². The molecule has 20 nitrogen and oxygen atoms in total. The van der Waals surface area contributed by atoms with E-state index in [1.165, 1.54) is 48.5 Å². The van der Waals surface area contributed by atoms with E-state index in [-0.39, 0.29) is 35.0 Å². The van der Waals surface area contributed by atoms with Gasteiger partial charge in [-0.3, -0.25) is 10.1 Å². The third-order valence-corrected chi connectivity index (χ3v) is 11.1. The van der Waals surface area contributed by atoms with E-state index in [1.807, 2.05) is 0 Å². The van der Waals surface area contributed by atoms with Crippen LogP contribution in [0, 0.1) is 5.92 Å². The summed E-state index contributed by atoms with van der Waals surface area (Å²) in [7, 11) is 0. The minimum Gasteiger partial charge on any atom is -0.508 e. The number of nitrogen functional groups attached to an aromatic ring is 1. The van der Waals surface area contributed by atoms with Crippen molar-refractivity contribution in [2.24, 2.45) is 5.92 Å². The van der Waals surface area contributed by atoms with E-state index in [4.69, 9.17) is 29.1 Å². The molecule has 2 aliphatic heterocycles. The molecule has 1 aliphatic carbocycles. The topological polar surface area (TPSA) is 332 Å². The van der Waals surface area contributed by atoms with Crippen LogP contribution in [0.3, 0.4) is 0 Å². The number of benzene rings is 3. The molecule has 0 saturated carbocycles. The number of aliphatic hydroxyl groups is 6. The molecule has 0 radical (unpaired) electrons. The molecule has 14 N–H and O–H groups in total. The first-order chi connectivity index (χ1) is 29.1. The van der Waals surface area contributed by atoms with Gasteiger partial charge in [-0.2, -0.15) is 0 Å². The predicted molar refractivity (Wildman–Crippen MR) is 210 cm³/mol. The summed E-state index contributed by atoms with van der Waals surface area (Å²) in [6.07, 6.45) is -8.41. The number of nitrogens with two attached hydrogens (primary N) is 1. The number of aromatic nitrogens is 1. The predicted octanol–water partition coefficient (Wildman–Crippen LogP) is 0.0410. The Morgan fingerprint density at radius 3 is 2.44 bits per heavy atom. The molecule has 4 heterocycles. The van der Waals surface area contributed by atoms with Crippen LogP contribution in [-0.2, 0) is 9.53 Å². The highest BCUT2D eigenvalue weighted by atomic mass is 16.7. The van der Waals surface area contributed by atoms with Gasteiger partial charge in [0.05, 0.1) is 6.61 Å². The molecule has 20 heteroatoms. The number of H-pyrrole nitrogens is 1. The van der Waals surface area contributed by atoms with E-state index < -0.39 is 101 Å². The van der Waals surface area contributed by atoms with Crippen LogP contribution < -0.4 is 36.0 Å². The van der Waals surface area contributed by atoms with Crippen LogP contribution in [-0.4, -0.2) is 119 Å². The number of anilines is 1. The SMILES string of the molecule is Nc1ccc([C@@H](O)[C@H](CO)Oc2ccc(-c3cc(=O)c4c(O)c(O[C@H](O)c5cccc(O)c5)c(O[C@@H]5O[C@H](C(=O)O)[C@]6(O)[C@@H]([C@@H]7CNCN7)C=C[C@@]5(O)[C@@H]6O)cc4o3)cc2)[nH]1. The number of aliphatic hydroxyl groups excluding tert-OH is 4. The highest BCUT2D eigenvalue weighted by Gasteiger charge is 2.70. The van der Waals surface area contributed by atoms with Crippen molar-refractivity contribution in [3.8, 4) is 40.1 Å². The Bertz CT molecular complexity index is 2520. The van der Waals surface area contributed by atoms with E-state index in [0.717, 1.165) is 24.3 Å². The Kier molecular flexibility index (Phi) is 10.9. The van der Waals surface area contributed by atoms with Gasteiger partial charge in [-0.1, -0.05) is 18.2 Å². The van der Waals surface area contributed by atoms with Crippen molar-refractivity contribution in [1.29, 1.82) is 0 Å². The largest absolute Gasteiger partial charge is 0.508 e. The zero-order chi connectivity index (χ0) is 43.4. The molecule has 322 valence electrons. The first-order valence-corrected chi connectivity index (χ1v) is 18.9. The summed E-state index contributed by atoms with van der Waals surface area (Å²) in [5, 5.41) is 105. The first kappa shape index (κ1) is 41.5. The Morgan fingerprint density at radius 1 is 1.02 bits per heavy atom. The van der Waals surface area contributed by atoms with Crippen molar-refractivity contribution < 1.29 is 74.1 Å². The summed E-state index contributed by atoms with van der Waals surface area (Å²) in [6, 6.07) is 15.9. The van der Waals surface area contributed by atoms with E-state index in [0.29, 0.717) is 23.7 Å². The number of rotatable bonds is 13. The Hall–Kier alpha value is -6.20. The lowest BCUT2D eigenvalue weighted by Crippen LogP contribution is -2.79. The summed E-state index contributed by atoms with van der Waals surface area (Å²) in [6.45, 7) is 0.0632. The molecule has 2 fully saturated rings. The van der Waals surface area contributed by atoms with Crippen molar-refractivity contribution in [3.05, 3.63) is 106 Å². The van der Waals surface area contributed by atoms with Crippen LogP contribution >= 0.6 is 0 Å². The van der Waals surface area contributed by atoms with Gasteiger partial charge in [0.25, 0.3) is 0 Å². The van der Waals surface area contributed by atoms with Crippen LogP contribution in [0.25, 0.3) is 22.3 Å². The van der Waals surface area contributed by atoms with Gasteiger partial charge in [-0.15, -0.1) is 0 Å². The number of nitrogens with one attached hydrogen (secondary N) is 3. The first-order valence-electron chi connectivity index (χ1n) is 18.9. The van der Waals surface area contributed by atoms with Crippen LogP contribution in [0.2, 0.25) is 0 Å². The molecule has 3 aromatic carbocycles. The Morgan fingerprint density at radius 2 is 1.79 bits per heavy atom. The molecule has 2 aromatic heterocycles. The van der Waals surface area contributed by atoms with Gasteiger partial charge in [0.15, 0.2) is 34.7 Å². The van der Waals surface area contributed by atoms with Gasteiger partial charge >= 0.3 is 5.97 Å². The fourth-order valence-corrected chi connectivity index (χ4v) is 7.97. The van der Waals surface area contributed by atoms with Gasteiger partial charge in [-0.05, 0) is 54.6 Å². The monoisotopic (exact) mass is 846 g/mol. The molecule has 8 rings (SSSR count). The minimum atomic E-state index is -2.64. The van der Waals surface area contributed by atoms with E-state index >= 15 is 0 Å². The number of carboxylic acids is 1. The van der Waals surface area contributed by atoms with Gasteiger partial charge in [-0.25, -0.2) is 4.79 Å². The number of carboxylic acid groups (broad SMARTS) is 1. The maximum Gasteiger partial charge on any atom is 0.336 e. The minimum absolute atomic E-state index is 0.00990. The van der Waals surface area contributed by atoms with Gasteiger partial charge in [0.1, 0.15) is 51.9 Å². The third-order valence-electron chi connectivity index (χ3n) is 11.1. The van der Waals surface area contributed by atoms with E-state index in [1.54, 1.807) is 12.1 Å². The number of aliphatic carboxylic acids is 1. The molecule has 3 aliphatic rings. The number of fused-ring (bicyclic) bond motifs is 3. The molecule has 2 saturated heterocycles. The second kappa shape index (κ2) is 16.0. The number of aromatic hydroxyl groups is 2. The van der Waals surface area contributed by atoms with Crippen molar-refractivity contribution >= 4 is 22.8 Å². The lowest BCUT2D eigenvalue weighted by Gasteiger charge is -2.56. The molecule has 10 atom stereocenters. The summed E-state index contributed by atoms with van der Waals surface area (Å²) in [5.74, 6) is -4.78. The fraction of sp³-hybridized carbons (Fsp3) is 0.317. The lowest BCUT2D eigenvalue weighted by molar-refractivity contribution is -0.342. The van der Waals surface area contributed by atoms with Crippen molar-refractivity contribution in [2.75, 3.05) is 25.6 Å². The van der Waals surface area contributed by atoms with Crippen LogP contribution in [0.1, 0.15) is 23.7 Å². The molecule has 61 heavy (non-hydrogen) atoms. The molecule has 0 unspecified atom stereocenters. The molecular formula is C41H42N4O16. The second-order valence-electron chi connectivity index (χ2n) is 15.0. The van der Waals surface area contributed by atoms with E-state index in [2.05, 4.69) is 15.6 Å². The highest BCUT2D eigenvalue weighted by Crippen LogP contribution is 2.50. The number of ether oxygens (including phenoxy) is 4. The number of aromatic amines is 1. The number of hydrogen-bond acceptors (Lipinski definition) is 18. The molecular weight excluding hydrogens is 804 g/mol. The second-order valence-corrected chi connectivity index (χ2v) is 15.0. The summed E-state index contributed by atoms with van der Waals surface area (Å²) >= 11 is 0. The maximum atomic E-state index is 13.7. The van der Waals surface area contributed by atoms with Crippen molar-refractivity contribution in [3.63, 3.8) is 0 Å². The molecule has 0 amide bonds. The number of phenolic OH excluding ortho intramolecular Hbond substituents is 2. The maximum absolute atomic E-state index is 13.7. The molecule has 2 bridgehead atoms. The molecule has 0 spiro atoms. The summed E-state index contributed by atoms with van der Waals surface area (Å²) in [4.78, 5) is 29.2. The van der Waals surface area contributed by atoms with Gasteiger partial charge in [0, 0.05) is 54.1 Å². The van der Waals surface area contributed by atoms with Crippen LogP contribution in [0.4, 0.5) is 5.82 Å². The van der Waals surface area contributed by atoms with Crippen molar-refractivity contribution in [1.82, 2.24) is 15.6 Å². The van der Waals surface area contributed by atoms with Crippen LogP contribution in [0.15, 0.2) is 94.2 Å². The lowest BCUT2D eigenvalue weighted by atomic mass is 9.63. The zero-order valence-corrected chi connectivity index (χ0v) is 31.8. The smallest absolute Gasteiger partial charge is 0.336 e. The molecule has 5 aromatic rings. The van der Waals surface area contributed by atoms with Gasteiger partial charge in [0.2, 0.25) is 18.3 Å². The van der Waals surface area contributed by atoms with Crippen LogP contribution in [0.5, 0.6) is 28.7 Å². The summed E-state index contributed by atoms with van der Waals surface area (Å²) in [5.41, 5.74) is -0.0359. The third kappa shape index (κ3) is 7.39. The Labute approximate surface area is 344 Å². The number of phenols is 2.